The number of hydrogen-bond acceptors (Lipinski definition) is 3. The van der Waals surface area contributed by atoms with E-state index >= 15 is 0 Å². The first-order valence-corrected chi connectivity index (χ1v) is 7.38. The number of hydrogen-bond donors (Lipinski definition) is 2. The van der Waals surface area contributed by atoms with Crippen molar-refractivity contribution in [2.45, 2.75) is 30.7 Å². The van der Waals surface area contributed by atoms with E-state index in [1.165, 1.54) is 6.92 Å². The molecule has 1 aliphatic rings. The minimum atomic E-state index is -2.07. The van der Waals surface area contributed by atoms with Gasteiger partial charge < -0.3 is 9.87 Å². The first-order chi connectivity index (χ1) is 8.99. The van der Waals surface area contributed by atoms with Crippen LogP contribution < -0.4 is 5.32 Å². The highest BCUT2D eigenvalue weighted by Crippen LogP contribution is 2.37. The summed E-state index contributed by atoms with van der Waals surface area (Å²) in [6.07, 6.45) is 1.77. The Hall–Kier alpha value is -0.950. The number of anilines is 1. The Bertz CT molecular complexity index is 524. The number of halogens is 1. The van der Waals surface area contributed by atoms with E-state index in [2.05, 4.69) is 5.32 Å². The third-order valence-corrected chi connectivity index (χ3v) is 4.22. The fourth-order valence-electron chi connectivity index (χ4n) is 2.29. The lowest BCUT2D eigenvalue weighted by Crippen LogP contribution is -2.15. The van der Waals surface area contributed by atoms with Gasteiger partial charge in [-0.15, -0.1) is 0 Å². The highest BCUT2D eigenvalue weighted by atomic mass is 35.5. The van der Waals surface area contributed by atoms with E-state index in [-0.39, 0.29) is 11.9 Å². The smallest absolute Gasteiger partial charge is 0.221 e. The van der Waals surface area contributed by atoms with Crippen LogP contribution in [-0.4, -0.2) is 25.6 Å². The number of nitrogens with zero attached hydrogens (tertiary/aromatic N) is 1. The van der Waals surface area contributed by atoms with Crippen LogP contribution in [0.4, 0.5) is 5.69 Å². The van der Waals surface area contributed by atoms with Crippen LogP contribution in [0, 0.1) is 0 Å². The molecule has 1 aliphatic heterocycles. The summed E-state index contributed by atoms with van der Waals surface area (Å²) in [6.45, 7) is 2.16. The van der Waals surface area contributed by atoms with Crippen molar-refractivity contribution in [3.8, 4) is 0 Å². The maximum Gasteiger partial charge on any atom is 0.221 e. The van der Waals surface area contributed by atoms with E-state index < -0.39 is 11.1 Å². The monoisotopic (exact) mass is 302 g/mol. The number of carbonyl (C=O) groups is 1. The minimum absolute atomic E-state index is 0.0959. The van der Waals surface area contributed by atoms with E-state index in [1.807, 2.05) is 0 Å². The van der Waals surface area contributed by atoms with Gasteiger partial charge in [0, 0.05) is 19.2 Å². The van der Waals surface area contributed by atoms with Crippen LogP contribution in [0.25, 0.3) is 0 Å². The normalized spacial score (nSPS) is 21.3. The molecule has 0 radical (unpaired) electrons. The van der Waals surface area contributed by atoms with Gasteiger partial charge in [-0.1, -0.05) is 0 Å². The fourth-order valence-corrected chi connectivity index (χ4v) is 3.19. The zero-order chi connectivity index (χ0) is 14.0. The molecule has 0 bridgehead atoms. The first kappa shape index (κ1) is 14.5. The predicted molar refractivity (Wildman–Crippen MR) is 74.3 cm³/mol. The Morgan fingerprint density at radius 1 is 1.58 bits per heavy atom. The molecule has 19 heavy (non-hydrogen) atoms. The van der Waals surface area contributed by atoms with E-state index in [9.17, 15) is 13.6 Å². The maximum absolute atomic E-state index is 11.4. The molecular formula is C12H15ClN2O3S. The van der Waals surface area contributed by atoms with Gasteiger partial charge in [0.25, 0.3) is 0 Å². The van der Waals surface area contributed by atoms with Crippen molar-refractivity contribution in [1.82, 2.24) is 4.42 Å². The molecule has 1 amide bonds. The second kappa shape index (κ2) is 6.00. The lowest BCUT2D eigenvalue weighted by Gasteiger charge is -2.20. The summed E-state index contributed by atoms with van der Waals surface area (Å²) in [7, 11) is 0. The average molecular weight is 303 g/mol. The molecule has 2 atom stereocenters. The average Bonchev–Trinajstić information content (AvgIpc) is 2.74. The van der Waals surface area contributed by atoms with Gasteiger partial charge in [-0.05, 0) is 48.4 Å². The third-order valence-electron chi connectivity index (χ3n) is 3.06. The van der Waals surface area contributed by atoms with Crippen molar-refractivity contribution >= 4 is 34.5 Å². The van der Waals surface area contributed by atoms with Crippen molar-refractivity contribution in [2.75, 3.05) is 11.9 Å². The van der Waals surface area contributed by atoms with E-state index in [0.717, 1.165) is 19.4 Å². The summed E-state index contributed by atoms with van der Waals surface area (Å²) >= 11 is 4.04. The second-order valence-corrected chi connectivity index (χ2v) is 5.84. The minimum Gasteiger partial charge on any atom is -0.326 e. The summed E-state index contributed by atoms with van der Waals surface area (Å²) in [5, 5.41) is 2.67. The topological polar surface area (TPSA) is 69.6 Å². The molecule has 2 rings (SSSR count). The SMILES string of the molecule is CC(=O)Nc1ccc(S(=O)O)c([C@H]2CCCN2Cl)c1. The lowest BCUT2D eigenvalue weighted by atomic mass is 10.0. The number of benzene rings is 1. The molecule has 0 spiro atoms. The molecule has 0 aliphatic carbocycles. The molecule has 104 valence electrons. The van der Waals surface area contributed by atoms with E-state index in [1.54, 1.807) is 22.6 Å². The van der Waals surface area contributed by atoms with Crippen molar-refractivity contribution in [2.24, 2.45) is 0 Å². The van der Waals surface area contributed by atoms with Crippen LogP contribution in [0.15, 0.2) is 23.1 Å². The zero-order valence-electron chi connectivity index (χ0n) is 10.4. The molecule has 7 heteroatoms. The van der Waals surface area contributed by atoms with Gasteiger partial charge in [0.1, 0.15) is 0 Å². The highest BCUT2D eigenvalue weighted by Gasteiger charge is 2.28. The molecule has 0 aromatic heterocycles. The van der Waals surface area contributed by atoms with Gasteiger partial charge in [-0.2, -0.15) is 0 Å². The van der Waals surface area contributed by atoms with Crippen molar-refractivity contribution < 1.29 is 13.6 Å². The molecule has 1 heterocycles. The molecule has 1 fully saturated rings. The highest BCUT2D eigenvalue weighted by molar-refractivity contribution is 7.79. The fraction of sp³-hybridized carbons (Fsp3) is 0.417. The summed E-state index contributed by atoms with van der Waals surface area (Å²) < 4.78 is 22.4. The van der Waals surface area contributed by atoms with Crippen molar-refractivity contribution in [1.29, 1.82) is 0 Å². The second-order valence-electron chi connectivity index (χ2n) is 4.46. The Morgan fingerprint density at radius 3 is 2.84 bits per heavy atom. The van der Waals surface area contributed by atoms with Crippen LogP contribution in [0.3, 0.4) is 0 Å². The van der Waals surface area contributed by atoms with Crippen LogP contribution in [0.1, 0.15) is 31.4 Å². The molecule has 1 saturated heterocycles. The van der Waals surface area contributed by atoms with Crippen LogP contribution in [0.2, 0.25) is 0 Å². The van der Waals surface area contributed by atoms with Crippen molar-refractivity contribution in [3.05, 3.63) is 23.8 Å². The van der Waals surface area contributed by atoms with Gasteiger partial charge in [-0.25, -0.2) is 8.63 Å². The quantitative estimate of drug-likeness (QED) is 0.665. The van der Waals surface area contributed by atoms with Gasteiger partial charge in [0.15, 0.2) is 11.1 Å². The Kier molecular flexibility index (Phi) is 4.57. The third kappa shape index (κ3) is 3.33. The first-order valence-electron chi connectivity index (χ1n) is 5.94. The summed E-state index contributed by atoms with van der Waals surface area (Å²) in [6, 6.07) is 4.79. The summed E-state index contributed by atoms with van der Waals surface area (Å²) in [4.78, 5) is 11.4. The number of carbonyl (C=O) groups excluding carboxylic acids is 1. The van der Waals surface area contributed by atoms with Gasteiger partial charge >= 0.3 is 0 Å². The predicted octanol–water partition coefficient (Wildman–Crippen LogP) is 2.52. The molecular weight excluding hydrogens is 288 g/mol. The molecule has 1 aromatic carbocycles. The molecule has 0 saturated carbocycles. The molecule has 5 nitrogen and oxygen atoms in total. The van der Waals surface area contributed by atoms with Crippen LogP contribution in [0.5, 0.6) is 0 Å². The number of amides is 1. The lowest BCUT2D eigenvalue weighted by molar-refractivity contribution is -0.114. The Morgan fingerprint density at radius 2 is 2.32 bits per heavy atom. The van der Waals surface area contributed by atoms with E-state index in [0.29, 0.717) is 16.1 Å². The standard InChI is InChI=1S/C12H15ClN2O3S/c1-8(16)14-9-4-5-12(19(17)18)10(7-9)11-3-2-6-15(11)13/h4-5,7,11H,2-3,6H2,1H3,(H,14,16)(H,17,18)/t11-/m1/s1. The Balaban J connectivity index is 2.41. The largest absolute Gasteiger partial charge is 0.326 e. The molecule has 2 N–H and O–H groups in total. The zero-order valence-corrected chi connectivity index (χ0v) is 12.0. The number of nitrogens with one attached hydrogen (secondary N) is 1. The Labute approximate surface area is 119 Å². The molecule has 1 aromatic rings. The summed E-state index contributed by atoms with van der Waals surface area (Å²) in [5.41, 5.74) is 1.30. The molecule has 1 unspecified atom stereocenters. The van der Waals surface area contributed by atoms with Gasteiger partial charge in [0.2, 0.25) is 5.91 Å². The maximum atomic E-state index is 11.4. The van der Waals surface area contributed by atoms with Gasteiger partial charge in [0.05, 0.1) is 10.9 Å². The van der Waals surface area contributed by atoms with Crippen LogP contribution >= 0.6 is 11.8 Å². The van der Waals surface area contributed by atoms with E-state index in [4.69, 9.17) is 11.8 Å². The van der Waals surface area contributed by atoms with Crippen LogP contribution in [-0.2, 0) is 15.9 Å². The van der Waals surface area contributed by atoms with Gasteiger partial charge in [-0.3, -0.25) is 4.79 Å². The summed E-state index contributed by atoms with van der Waals surface area (Å²) in [5.74, 6) is -0.182. The number of rotatable bonds is 3. The van der Waals surface area contributed by atoms with Crippen molar-refractivity contribution in [3.63, 3.8) is 0 Å².